The van der Waals surface area contributed by atoms with Crippen molar-refractivity contribution in [3.05, 3.63) is 69.9 Å². The lowest BCUT2D eigenvalue weighted by Gasteiger charge is -2.41. The van der Waals surface area contributed by atoms with Crippen LogP contribution in [-0.2, 0) is 12.0 Å². The monoisotopic (exact) mass is 435 g/mol. The molecule has 0 saturated carbocycles. The summed E-state index contributed by atoms with van der Waals surface area (Å²) >= 11 is 0. The van der Waals surface area contributed by atoms with Gasteiger partial charge in [-0.05, 0) is 23.3 Å². The zero-order chi connectivity index (χ0) is 22.0. The molecule has 1 aliphatic carbocycles. The molecule has 0 atom stereocenters. The second-order valence-corrected chi connectivity index (χ2v) is 11.5. The number of carbonyl (C=O) groups excluding carboxylic acids is 1. The van der Waals surface area contributed by atoms with Crippen LogP contribution in [0.3, 0.4) is 0 Å². The number of carbonyl (C=O) groups is 1. The van der Waals surface area contributed by atoms with Gasteiger partial charge in [-0.2, -0.15) is 15.9 Å². The molecular formula is C24H25N3O3S. The third-order valence-corrected chi connectivity index (χ3v) is 8.33. The normalized spacial score (nSPS) is 20.7. The van der Waals surface area contributed by atoms with Gasteiger partial charge in [-0.15, -0.1) is 0 Å². The summed E-state index contributed by atoms with van der Waals surface area (Å²) in [5, 5.41) is 10.1. The van der Waals surface area contributed by atoms with Gasteiger partial charge in [-0.25, -0.2) is 0 Å². The molecule has 0 radical (unpaired) electrons. The molecule has 1 fully saturated rings. The van der Waals surface area contributed by atoms with Crippen molar-refractivity contribution in [1.29, 1.82) is 5.26 Å². The van der Waals surface area contributed by atoms with Crippen molar-refractivity contribution in [2.75, 3.05) is 24.6 Å². The van der Waals surface area contributed by atoms with Crippen molar-refractivity contribution in [1.82, 2.24) is 9.88 Å². The standard InChI is InChI=1S/C24H25N3O3S/c1-24(2)19-11-16(14-27-7-9-31(29,30)10-8-27)4-5-17(19)22(28)21-18-6-3-15(13-25)12-20(18)26-23(21)24/h3-6,11-12,26,29-30H,7-10,14H2,1-2H3. The first-order chi connectivity index (χ1) is 14.7. The number of fused-ring (bicyclic) bond motifs is 4. The number of benzene rings is 2. The molecule has 0 amide bonds. The lowest BCUT2D eigenvalue weighted by molar-refractivity contribution is 0.103. The zero-order valence-electron chi connectivity index (χ0n) is 17.6. The zero-order valence-corrected chi connectivity index (χ0v) is 18.4. The number of nitriles is 1. The Balaban J connectivity index is 1.53. The van der Waals surface area contributed by atoms with Crippen LogP contribution in [0, 0.1) is 11.3 Å². The molecular weight excluding hydrogens is 410 g/mol. The van der Waals surface area contributed by atoms with Crippen LogP contribution in [0.25, 0.3) is 10.9 Å². The molecule has 1 aromatic heterocycles. The molecule has 0 unspecified atom stereocenters. The molecule has 0 bridgehead atoms. The molecule has 0 spiro atoms. The van der Waals surface area contributed by atoms with Gasteiger partial charge in [0.25, 0.3) is 0 Å². The predicted octanol–water partition coefficient (Wildman–Crippen LogP) is 4.48. The highest BCUT2D eigenvalue weighted by atomic mass is 32.3. The van der Waals surface area contributed by atoms with Crippen LogP contribution >= 0.6 is 10.6 Å². The first-order valence-corrected chi connectivity index (χ1v) is 12.3. The molecule has 3 N–H and O–H groups in total. The molecule has 6 nitrogen and oxygen atoms in total. The van der Waals surface area contributed by atoms with Gasteiger partial charge in [0.2, 0.25) is 0 Å². The Morgan fingerprint density at radius 3 is 2.61 bits per heavy atom. The van der Waals surface area contributed by atoms with E-state index in [1.807, 2.05) is 18.2 Å². The Labute approximate surface area is 182 Å². The second kappa shape index (κ2) is 6.94. The van der Waals surface area contributed by atoms with Crippen molar-refractivity contribution in [3.8, 4) is 6.07 Å². The number of H-pyrrole nitrogens is 1. The van der Waals surface area contributed by atoms with Gasteiger partial charge in [0.1, 0.15) is 0 Å². The minimum atomic E-state index is -2.41. The number of nitrogens with one attached hydrogen (secondary N) is 1. The Hall–Kier alpha value is -2.63. The van der Waals surface area contributed by atoms with Crippen molar-refractivity contribution in [3.63, 3.8) is 0 Å². The predicted molar refractivity (Wildman–Crippen MR) is 123 cm³/mol. The second-order valence-electron chi connectivity index (χ2n) is 9.07. The Morgan fingerprint density at radius 1 is 1.16 bits per heavy atom. The van der Waals surface area contributed by atoms with Gasteiger partial charge in [0.15, 0.2) is 5.78 Å². The van der Waals surface area contributed by atoms with Crippen LogP contribution in [0.1, 0.15) is 52.2 Å². The average molecular weight is 436 g/mol. The SMILES string of the molecule is CC1(C)c2cc(CN3CCS(O)(O)CC3)ccc2C(=O)c2c1[nH]c1cc(C#N)ccc21. The van der Waals surface area contributed by atoms with Gasteiger partial charge in [-0.1, -0.05) is 38.1 Å². The third-order valence-electron chi connectivity index (χ3n) is 6.66. The summed E-state index contributed by atoms with van der Waals surface area (Å²) in [6.45, 7) is 6.29. The average Bonchev–Trinajstić information content (AvgIpc) is 3.14. The van der Waals surface area contributed by atoms with Gasteiger partial charge in [0.05, 0.1) is 28.7 Å². The van der Waals surface area contributed by atoms with E-state index < -0.39 is 16.0 Å². The van der Waals surface area contributed by atoms with Gasteiger partial charge >= 0.3 is 0 Å². The largest absolute Gasteiger partial charge is 0.357 e. The maximum absolute atomic E-state index is 13.4. The summed E-state index contributed by atoms with van der Waals surface area (Å²) in [5.41, 5.74) is 5.41. The molecule has 2 aliphatic rings. The summed E-state index contributed by atoms with van der Waals surface area (Å²) < 4.78 is 19.7. The number of ketones is 1. The van der Waals surface area contributed by atoms with E-state index in [1.165, 1.54) is 0 Å². The van der Waals surface area contributed by atoms with E-state index in [1.54, 1.807) is 12.1 Å². The van der Waals surface area contributed by atoms with E-state index in [9.17, 15) is 19.2 Å². The molecule has 1 saturated heterocycles. The van der Waals surface area contributed by atoms with Gasteiger partial charge < -0.3 is 4.98 Å². The van der Waals surface area contributed by atoms with Gasteiger partial charge in [-0.3, -0.25) is 18.8 Å². The summed E-state index contributed by atoms with van der Waals surface area (Å²) in [7, 11) is -2.41. The number of hydrogen-bond acceptors (Lipinski definition) is 5. The fourth-order valence-corrected chi connectivity index (χ4v) is 6.13. The highest BCUT2D eigenvalue weighted by Crippen LogP contribution is 2.44. The van der Waals surface area contributed by atoms with Crippen LogP contribution in [0.4, 0.5) is 0 Å². The fraction of sp³-hybridized carbons (Fsp3) is 0.333. The third kappa shape index (κ3) is 3.27. The highest BCUT2D eigenvalue weighted by molar-refractivity contribution is 8.24. The smallest absolute Gasteiger partial charge is 0.195 e. The van der Waals surface area contributed by atoms with Gasteiger partial charge in [0, 0.05) is 47.2 Å². The number of aromatic amines is 1. The number of rotatable bonds is 2. The minimum absolute atomic E-state index is 0.0127. The molecule has 7 heteroatoms. The number of hydrogen-bond donors (Lipinski definition) is 3. The first kappa shape index (κ1) is 20.3. The van der Waals surface area contributed by atoms with Crippen LogP contribution in [-0.4, -0.2) is 49.4 Å². The molecule has 2 aromatic carbocycles. The van der Waals surface area contributed by atoms with Crippen molar-refractivity contribution < 1.29 is 13.9 Å². The van der Waals surface area contributed by atoms with Crippen molar-refractivity contribution >= 4 is 27.3 Å². The van der Waals surface area contributed by atoms with E-state index in [0.717, 1.165) is 39.8 Å². The van der Waals surface area contributed by atoms with E-state index in [-0.39, 0.29) is 5.78 Å². The molecule has 1 aliphatic heterocycles. The maximum atomic E-state index is 13.4. The molecule has 3 aromatic rings. The number of aromatic nitrogens is 1. The van der Waals surface area contributed by atoms with Crippen molar-refractivity contribution in [2.24, 2.45) is 0 Å². The Morgan fingerprint density at radius 2 is 1.90 bits per heavy atom. The molecule has 31 heavy (non-hydrogen) atoms. The maximum Gasteiger partial charge on any atom is 0.195 e. The minimum Gasteiger partial charge on any atom is -0.357 e. The number of nitrogens with zero attached hydrogens (tertiary/aromatic N) is 2. The van der Waals surface area contributed by atoms with Crippen LogP contribution in [0.15, 0.2) is 36.4 Å². The summed E-state index contributed by atoms with van der Waals surface area (Å²) in [6, 6.07) is 13.6. The highest BCUT2D eigenvalue weighted by Gasteiger charge is 2.39. The van der Waals surface area contributed by atoms with E-state index in [4.69, 9.17) is 0 Å². The lowest BCUT2D eigenvalue weighted by atomic mass is 9.71. The first-order valence-electron chi connectivity index (χ1n) is 10.4. The Bertz CT molecular complexity index is 1260. The van der Waals surface area contributed by atoms with E-state index in [0.29, 0.717) is 35.7 Å². The van der Waals surface area contributed by atoms with Crippen LogP contribution < -0.4 is 0 Å². The quantitative estimate of drug-likeness (QED) is 0.551. The van der Waals surface area contributed by atoms with Crippen LogP contribution in [0.2, 0.25) is 0 Å². The molecule has 5 rings (SSSR count). The van der Waals surface area contributed by atoms with E-state index in [2.05, 4.69) is 35.9 Å². The van der Waals surface area contributed by atoms with Crippen molar-refractivity contribution in [2.45, 2.75) is 25.8 Å². The Kier molecular flexibility index (Phi) is 4.54. The van der Waals surface area contributed by atoms with Crippen LogP contribution in [0.5, 0.6) is 0 Å². The lowest BCUT2D eigenvalue weighted by Crippen LogP contribution is -2.38. The van der Waals surface area contributed by atoms with E-state index >= 15 is 0 Å². The molecule has 160 valence electrons. The fourth-order valence-electron chi connectivity index (χ4n) is 4.83. The topological polar surface area (TPSA) is 100 Å². The molecule has 2 heterocycles. The summed E-state index contributed by atoms with van der Waals surface area (Å²) in [5.74, 6) is 0.856. The summed E-state index contributed by atoms with van der Waals surface area (Å²) in [6.07, 6.45) is 0. The summed E-state index contributed by atoms with van der Waals surface area (Å²) in [4.78, 5) is 19.1.